The van der Waals surface area contributed by atoms with Crippen LogP contribution in [-0.4, -0.2) is 15.5 Å². The van der Waals surface area contributed by atoms with Gasteiger partial charge in [0.25, 0.3) is 5.56 Å². The van der Waals surface area contributed by atoms with Crippen LogP contribution in [0.25, 0.3) is 11.3 Å². The van der Waals surface area contributed by atoms with E-state index >= 15 is 0 Å². The summed E-state index contributed by atoms with van der Waals surface area (Å²) in [7, 11) is 0. The van der Waals surface area contributed by atoms with Gasteiger partial charge in [0.15, 0.2) is 0 Å². The Labute approximate surface area is 158 Å². The van der Waals surface area contributed by atoms with Crippen LogP contribution in [0, 0.1) is 5.82 Å². The summed E-state index contributed by atoms with van der Waals surface area (Å²) in [6.07, 6.45) is 1.30. The molecule has 132 valence electrons. The number of halogens is 3. The molecule has 0 spiro atoms. The van der Waals surface area contributed by atoms with Crippen molar-refractivity contribution in [1.29, 1.82) is 0 Å². The molecule has 0 radical (unpaired) electrons. The van der Waals surface area contributed by atoms with Crippen molar-refractivity contribution in [3.63, 3.8) is 0 Å². The summed E-state index contributed by atoms with van der Waals surface area (Å²) >= 11 is 11.5. The zero-order chi connectivity index (χ0) is 18.7. The Kier molecular flexibility index (Phi) is 5.35. The van der Waals surface area contributed by atoms with Crippen LogP contribution in [-0.2, 0) is 11.3 Å². The lowest BCUT2D eigenvalue weighted by molar-refractivity contribution is -0.116. The summed E-state index contributed by atoms with van der Waals surface area (Å²) in [6.45, 7) is -0.234. The lowest BCUT2D eigenvalue weighted by Crippen LogP contribution is -2.27. The minimum atomic E-state index is -0.581. The SMILES string of the molecule is O=C(Cn1cnc(-c2ccc(Cl)cc2)cc1=O)Nc1ccc(F)c(Cl)c1. The predicted molar refractivity (Wildman–Crippen MR) is 99.0 cm³/mol. The van der Waals surface area contributed by atoms with Crippen molar-refractivity contribution >= 4 is 34.8 Å². The van der Waals surface area contributed by atoms with E-state index in [0.29, 0.717) is 16.4 Å². The lowest BCUT2D eigenvalue weighted by atomic mass is 10.1. The molecule has 3 aromatic rings. The highest BCUT2D eigenvalue weighted by Gasteiger charge is 2.09. The van der Waals surface area contributed by atoms with E-state index in [9.17, 15) is 14.0 Å². The first-order valence-electron chi connectivity index (χ1n) is 7.50. The van der Waals surface area contributed by atoms with Crippen molar-refractivity contribution in [2.24, 2.45) is 0 Å². The van der Waals surface area contributed by atoms with Crippen LogP contribution < -0.4 is 10.9 Å². The van der Waals surface area contributed by atoms with E-state index < -0.39 is 11.7 Å². The van der Waals surface area contributed by atoms with Gasteiger partial charge >= 0.3 is 0 Å². The molecule has 0 saturated carbocycles. The summed E-state index contributed by atoms with van der Waals surface area (Å²) in [6, 6.07) is 12.1. The van der Waals surface area contributed by atoms with E-state index in [-0.39, 0.29) is 17.1 Å². The van der Waals surface area contributed by atoms with Gasteiger partial charge in [0.1, 0.15) is 12.4 Å². The molecule has 1 amide bonds. The van der Waals surface area contributed by atoms with Gasteiger partial charge in [-0.3, -0.25) is 14.2 Å². The number of hydrogen-bond donors (Lipinski definition) is 1. The molecular weight excluding hydrogens is 380 g/mol. The van der Waals surface area contributed by atoms with Crippen molar-refractivity contribution in [1.82, 2.24) is 9.55 Å². The number of carbonyl (C=O) groups is 1. The second-order valence-corrected chi connectivity index (χ2v) is 6.27. The van der Waals surface area contributed by atoms with Gasteiger partial charge in [-0.05, 0) is 30.3 Å². The predicted octanol–water partition coefficient (Wildman–Crippen LogP) is 3.99. The minimum Gasteiger partial charge on any atom is -0.324 e. The Bertz CT molecular complexity index is 1020. The molecule has 0 saturated heterocycles. The van der Waals surface area contributed by atoms with Crippen molar-refractivity contribution in [3.8, 4) is 11.3 Å². The van der Waals surface area contributed by atoms with E-state index in [4.69, 9.17) is 23.2 Å². The van der Waals surface area contributed by atoms with E-state index in [2.05, 4.69) is 10.3 Å². The molecule has 1 heterocycles. The van der Waals surface area contributed by atoms with Gasteiger partial charge in [0.2, 0.25) is 5.91 Å². The van der Waals surface area contributed by atoms with E-state index in [1.54, 1.807) is 24.3 Å². The highest BCUT2D eigenvalue weighted by atomic mass is 35.5. The molecule has 0 aliphatic rings. The van der Waals surface area contributed by atoms with Crippen molar-refractivity contribution in [2.75, 3.05) is 5.32 Å². The summed E-state index contributed by atoms with van der Waals surface area (Å²) in [5, 5.41) is 3.03. The number of aromatic nitrogens is 2. The Morgan fingerprint density at radius 3 is 2.50 bits per heavy atom. The van der Waals surface area contributed by atoms with Gasteiger partial charge < -0.3 is 5.32 Å². The molecule has 0 unspecified atom stereocenters. The third kappa shape index (κ3) is 4.28. The highest BCUT2D eigenvalue weighted by Crippen LogP contribution is 2.20. The molecule has 26 heavy (non-hydrogen) atoms. The molecule has 0 atom stereocenters. The van der Waals surface area contributed by atoms with Crippen LogP contribution in [0.5, 0.6) is 0 Å². The van der Waals surface area contributed by atoms with Crippen LogP contribution in [0.4, 0.5) is 10.1 Å². The number of nitrogens with one attached hydrogen (secondary N) is 1. The lowest BCUT2D eigenvalue weighted by Gasteiger charge is -2.08. The normalized spacial score (nSPS) is 10.6. The number of nitrogens with zero attached hydrogens (tertiary/aromatic N) is 2. The summed E-state index contributed by atoms with van der Waals surface area (Å²) < 4.78 is 14.3. The number of anilines is 1. The fourth-order valence-corrected chi connectivity index (χ4v) is 2.56. The maximum absolute atomic E-state index is 13.1. The van der Waals surface area contributed by atoms with Gasteiger partial charge in [-0.15, -0.1) is 0 Å². The largest absolute Gasteiger partial charge is 0.324 e. The Morgan fingerprint density at radius 1 is 1.12 bits per heavy atom. The zero-order valence-corrected chi connectivity index (χ0v) is 14.8. The van der Waals surface area contributed by atoms with Crippen LogP contribution in [0.2, 0.25) is 10.0 Å². The maximum Gasteiger partial charge on any atom is 0.254 e. The molecule has 3 rings (SSSR count). The second kappa shape index (κ2) is 7.68. The van der Waals surface area contributed by atoms with Crippen LogP contribution >= 0.6 is 23.2 Å². The molecule has 5 nitrogen and oxygen atoms in total. The topological polar surface area (TPSA) is 64.0 Å². The number of rotatable bonds is 4. The molecule has 0 aliphatic carbocycles. The van der Waals surface area contributed by atoms with E-state index in [1.165, 1.54) is 29.1 Å². The first-order chi connectivity index (χ1) is 12.4. The molecule has 1 aromatic heterocycles. The smallest absolute Gasteiger partial charge is 0.254 e. The van der Waals surface area contributed by atoms with Crippen LogP contribution in [0.3, 0.4) is 0 Å². The molecule has 2 aromatic carbocycles. The zero-order valence-electron chi connectivity index (χ0n) is 13.2. The van der Waals surface area contributed by atoms with E-state index in [1.807, 2.05) is 0 Å². The Balaban J connectivity index is 1.73. The molecule has 0 aliphatic heterocycles. The van der Waals surface area contributed by atoms with Gasteiger partial charge in [-0.25, -0.2) is 9.37 Å². The van der Waals surface area contributed by atoms with Crippen molar-refractivity contribution in [2.45, 2.75) is 6.54 Å². The Morgan fingerprint density at radius 2 is 1.85 bits per heavy atom. The standard InChI is InChI=1S/C18H12Cl2FN3O2/c19-12-3-1-11(2-4-12)16-8-18(26)24(10-22-16)9-17(25)23-13-5-6-15(21)14(20)7-13/h1-8,10H,9H2,(H,23,25). The molecule has 8 heteroatoms. The Hall–Kier alpha value is -2.70. The summed E-state index contributed by atoms with van der Waals surface area (Å²) in [4.78, 5) is 28.5. The van der Waals surface area contributed by atoms with Gasteiger partial charge in [-0.2, -0.15) is 0 Å². The fourth-order valence-electron chi connectivity index (χ4n) is 2.25. The number of hydrogen-bond acceptors (Lipinski definition) is 3. The molecular formula is C18H12Cl2FN3O2. The highest BCUT2D eigenvalue weighted by molar-refractivity contribution is 6.31. The molecule has 0 fully saturated rings. The third-order valence-electron chi connectivity index (χ3n) is 3.54. The number of amides is 1. The average molecular weight is 392 g/mol. The van der Waals surface area contributed by atoms with Crippen LogP contribution in [0.15, 0.2) is 59.7 Å². The van der Waals surface area contributed by atoms with E-state index in [0.717, 1.165) is 11.6 Å². The first kappa shape index (κ1) is 18.1. The van der Waals surface area contributed by atoms with Gasteiger partial charge in [0, 0.05) is 22.3 Å². The monoisotopic (exact) mass is 391 g/mol. The van der Waals surface area contributed by atoms with Gasteiger partial charge in [0.05, 0.1) is 17.0 Å². The molecule has 0 bridgehead atoms. The van der Waals surface area contributed by atoms with Gasteiger partial charge in [-0.1, -0.05) is 35.3 Å². The fraction of sp³-hybridized carbons (Fsp3) is 0.0556. The summed E-state index contributed by atoms with van der Waals surface area (Å²) in [5.41, 5.74) is 1.18. The van der Waals surface area contributed by atoms with Crippen molar-refractivity contribution in [3.05, 3.63) is 81.1 Å². The quantitative estimate of drug-likeness (QED) is 0.730. The average Bonchev–Trinajstić information content (AvgIpc) is 2.60. The maximum atomic E-state index is 13.1. The first-order valence-corrected chi connectivity index (χ1v) is 8.25. The number of carbonyl (C=O) groups excluding carboxylic acids is 1. The minimum absolute atomic E-state index is 0.103. The summed E-state index contributed by atoms with van der Waals surface area (Å²) in [5.74, 6) is -1.04. The van der Waals surface area contributed by atoms with Crippen LogP contribution in [0.1, 0.15) is 0 Å². The molecule has 1 N–H and O–H groups in total. The second-order valence-electron chi connectivity index (χ2n) is 5.42. The third-order valence-corrected chi connectivity index (χ3v) is 4.08. The number of benzene rings is 2. The van der Waals surface area contributed by atoms with Crippen molar-refractivity contribution < 1.29 is 9.18 Å².